The van der Waals surface area contributed by atoms with Crippen LogP contribution in [0.25, 0.3) is 0 Å². The van der Waals surface area contributed by atoms with E-state index < -0.39 is 0 Å². The molecule has 0 amide bonds. The lowest BCUT2D eigenvalue weighted by molar-refractivity contribution is 0.0627. The largest absolute Gasteiger partial charge is 0.378 e. The molecule has 2 atom stereocenters. The number of hydrogen-bond donors (Lipinski definition) is 1. The van der Waals surface area contributed by atoms with Crippen molar-refractivity contribution in [2.24, 2.45) is 11.3 Å². The molecular formula is C19H31NO. The first-order valence-corrected chi connectivity index (χ1v) is 8.31. The van der Waals surface area contributed by atoms with Gasteiger partial charge in [-0.05, 0) is 62.8 Å². The van der Waals surface area contributed by atoms with Crippen LogP contribution >= 0.6 is 0 Å². The lowest BCUT2D eigenvalue weighted by atomic mass is 9.76. The van der Waals surface area contributed by atoms with Crippen molar-refractivity contribution in [3.63, 3.8) is 0 Å². The van der Waals surface area contributed by atoms with Crippen LogP contribution in [-0.4, -0.2) is 25.8 Å². The normalized spacial score (nSPS) is 25.7. The fourth-order valence-electron chi connectivity index (χ4n) is 3.28. The predicted octanol–water partition coefficient (Wildman–Crippen LogP) is 3.89. The molecule has 2 heteroatoms. The van der Waals surface area contributed by atoms with Crippen LogP contribution in [0, 0.1) is 25.2 Å². The lowest BCUT2D eigenvalue weighted by Gasteiger charge is -2.33. The van der Waals surface area contributed by atoms with E-state index in [1.54, 1.807) is 0 Å². The fraction of sp³-hybridized carbons (Fsp3) is 0.684. The van der Waals surface area contributed by atoms with Gasteiger partial charge < -0.3 is 10.1 Å². The molecule has 2 unspecified atom stereocenters. The molecule has 1 heterocycles. The standard InChI is InChI=1S/C19H31NO/c1-14(2)12-20-13-19(8-9-21-17(19)5)11-18-7-6-15(3)16(4)10-18/h6-7,10,14,17,20H,8-9,11-13H2,1-5H3. The Balaban J connectivity index is 2.10. The van der Waals surface area contributed by atoms with Crippen molar-refractivity contribution in [2.75, 3.05) is 19.7 Å². The third-order valence-corrected chi connectivity index (χ3v) is 4.99. The van der Waals surface area contributed by atoms with Gasteiger partial charge in [-0.25, -0.2) is 0 Å². The maximum atomic E-state index is 5.91. The van der Waals surface area contributed by atoms with E-state index in [0.29, 0.717) is 12.0 Å². The number of nitrogens with one attached hydrogen (secondary N) is 1. The number of hydrogen-bond acceptors (Lipinski definition) is 2. The van der Waals surface area contributed by atoms with E-state index >= 15 is 0 Å². The van der Waals surface area contributed by atoms with Gasteiger partial charge in [-0.15, -0.1) is 0 Å². The molecule has 1 aliphatic rings. The summed E-state index contributed by atoms with van der Waals surface area (Å²) in [5.41, 5.74) is 4.46. The summed E-state index contributed by atoms with van der Waals surface area (Å²) in [7, 11) is 0. The van der Waals surface area contributed by atoms with Gasteiger partial charge in [0.05, 0.1) is 6.10 Å². The SMILES string of the molecule is Cc1ccc(CC2(CNCC(C)C)CCOC2C)cc1C. The van der Waals surface area contributed by atoms with Crippen LogP contribution in [0.15, 0.2) is 18.2 Å². The molecule has 0 aliphatic carbocycles. The Morgan fingerprint density at radius 3 is 2.62 bits per heavy atom. The van der Waals surface area contributed by atoms with Crippen molar-refractivity contribution >= 4 is 0 Å². The van der Waals surface area contributed by atoms with Crippen LogP contribution in [0.5, 0.6) is 0 Å². The minimum Gasteiger partial charge on any atom is -0.378 e. The molecule has 1 aromatic rings. The van der Waals surface area contributed by atoms with Crippen molar-refractivity contribution in [1.29, 1.82) is 0 Å². The van der Waals surface area contributed by atoms with Gasteiger partial charge in [0.15, 0.2) is 0 Å². The molecule has 1 aliphatic heterocycles. The second-order valence-electron chi connectivity index (χ2n) is 7.25. The number of rotatable bonds is 6. The molecule has 1 N–H and O–H groups in total. The number of aryl methyl sites for hydroxylation is 2. The minimum atomic E-state index is 0.247. The first-order valence-electron chi connectivity index (χ1n) is 8.31. The molecule has 0 spiro atoms. The molecule has 21 heavy (non-hydrogen) atoms. The number of benzene rings is 1. The van der Waals surface area contributed by atoms with E-state index in [4.69, 9.17) is 4.74 Å². The van der Waals surface area contributed by atoms with Crippen LogP contribution in [-0.2, 0) is 11.2 Å². The Morgan fingerprint density at radius 2 is 2.05 bits per heavy atom. The third-order valence-electron chi connectivity index (χ3n) is 4.99. The monoisotopic (exact) mass is 289 g/mol. The Labute approximate surface area is 130 Å². The molecular weight excluding hydrogens is 258 g/mol. The third kappa shape index (κ3) is 4.08. The Bertz CT molecular complexity index is 469. The molecule has 1 saturated heterocycles. The summed E-state index contributed by atoms with van der Waals surface area (Å²) in [6.45, 7) is 14.2. The summed E-state index contributed by atoms with van der Waals surface area (Å²) in [5, 5.41) is 3.66. The highest BCUT2D eigenvalue weighted by molar-refractivity contribution is 5.31. The highest BCUT2D eigenvalue weighted by Crippen LogP contribution is 2.38. The quantitative estimate of drug-likeness (QED) is 0.858. The average Bonchev–Trinajstić information content (AvgIpc) is 2.75. The molecule has 1 aromatic carbocycles. The molecule has 0 aromatic heterocycles. The molecule has 2 rings (SSSR count). The van der Waals surface area contributed by atoms with Crippen molar-refractivity contribution < 1.29 is 4.74 Å². The zero-order valence-electron chi connectivity index (χ0n) is 14.3. The molecule has 2 nitrogen and oxygen atoms in total. The van der Waals surface area contributed by atoms with E-state index in [-0.39, 0.29) is 5.41 Å². The topological polar surface area (TPSA) is 21.3 Å². The first-order chi connectivity index (χ1) is 9.93. The van der Waals surface area contributed by atoms with E-state index in [2.05, 4.69) is 58.1 Å². The summed E-state index contributed by atoms with van der Waals surface area (Å²) in [6, 6.07) is 6.89. The summed E-state index contributed by atoms with van der Waals surface area (Å²) < 4.78 is 5.91. The highest BCUT2D eigenvalue weighted by Gasteiger charge is 2.41. The molecule has 118 valence electrons. The summed E-state index contributed by atoms with van der Waals surface area (Å²) in [5.74, 6) is 0.696. The van der Waals surface area contributed by atoms with Gasteiger partial charge in [-0.3, -0.25) is 0 Å². The van der Waals surface area contributed by atoms with E-state index in [0.717, 1.165) is 32.5 Å². The zero-order valence-corrected chi connectivity index (χ0v) is 14.3. The first kappa shape index (κ1) is 16.5. The summed E-state index contributed by atoms with van der Waals surface area (Å²) in [6.07, 6.45) is 2.60. The van der Waals surface area contributed by atoms with Crippen LogP contribution in [0.1, 0.15) is 43.9 Å². The van der Waals surface area contributed by atoms with Crippen LogP contribution in [0.4, 0.5) is 0 Å². The summed E-state index contributed by atoms with van der Waals surface area (Å²) >= 11 is 0. The zero-order chi connectivity index (χ0) is 15.5. The van der Waals surface area contributed by atoms with Crippen LogP contribution < -0.4 is 5.32 Å². The maximum Gasteiger partial charge on any atom is 0.0619 e. The lowest BCUT2D eigenvalue weighted by Crippen LogP contribution is -2.42. The number of ether oxygens (including phenoxy) is 1. The van der Waals surface area contributed by atoms with Crippen molar-refractivity contribution in [3.05, 3.63) is 34.9 Å². The highest BCUT2D eigenvalue weighted by atomic mass is 16.5. The van der Waals surface area contributed by atoms with Gasteiger partial charge in [0.1, 0.15) is 0 Å². The van der Waals surface area contributed by atoms with Crippen molar-refractivity contribution in [2.45, 2.75) is 53.6 Å². The van der Waals surface area contributed by atoms with Crippen LogP contribution in [0.2, 0.25) is 0 Å². The van der Waals surface area contributed by atoms with E-state index in [9.17, 15) is 0 Å². The second-order valence-corrected chi connectivity index (χ2v) is 7.25. The smallest absolute Gasteiger partial charge is 0.0619 e. The molecule has 0 saturated carbocycles. The Kier molecular flexibility index (Phi) is 5.45. The molecule has 0 radical (unpaired) electrons. The van der Waals surface area contributed by atoms with E-state index in [1.165, 1.54) is 16.7 Å². The maximum absolute atomic E-state index is 5.91. The van der Waals surface area contributed by atoms with Gasteiger partial charge in [0.25, 0.3) is 0 Å². The predicted molar refractivity (Wildman–Crippen MR) is 89.8 cm³/mol. The molecule has 1 fully saturated rings. The fourth-order valence-corrected chi connectivity index (χ4v) is 3.28. The molecule has 0 bridgehead atoms. The van der Waals surface area contributed by atoms with Gasteiger partial charge in [-0.1, -0.05) is 32.0 Å². The Morgan fingerprint density at radius 1 is 1.29 bits per heavy atom. The minimum absolute atomic E-state index is 0.247. The van der Waals surface area contributed by atoms with Crippen LogP contribution in [0.3, 0.4) is 0 Å². The Hall–Kier alpha value is -0.860. The van der Waals surface area contributed by atoms with Crippen molar-refractivity contribution in [3.8, 4) is 0 Å². The average molecular weight is 289 g/mol. The van der Waals surface area contributed by atoms with Gasteiger partial charge >= 0.3 is 0 Å². The summed E-state index contributed by atoms with van der Waals surface area (Å²) in [4.78, 5) is 0. The van der Waals surface area contributed by atoms with Gasteiger partial charge in [-0.2, -0.15) is 0 Å². The van der Waals surface area contributed by atoms with Gasteiger partial charge in [0.2, 0.25) is 0 Å². The second kappa shape index (κ2) is 6.93. The van der Waals surface area contributed by atoms with Gasteiger partial charge in [0, 0.05) is 18.6 Å². The van der Waals surface area contributed by atoms with E-state index in [1.807, 2.05) is 0 Å². The van der Waals surface area contributed by atoms with Crippen molar-refractivity contribution in [1.82, 2.24) is 5.32 Å².